The zero-order chi connectivity index (χ0) is 15.7. The van der Waals surface area contributed by atoms with E-state index in [0.717, 1.165) is 0 Å². The lowest BCUT2D eigenvalue weighted by atomic mass is 9.97. The van der Waals surface area contributed by atoms with E-state index in [2.05, 4.69) is 5.32 Å². The molecule has 3 rings (SSSR count). The molecular formula is C14H18Cl2F2N2O3. The number of aliphatic hydroxyl groups excluding tert-OH is 1. The summed E-state index contributed by atoms with van der Waals surface area (Å²) in [5.41, 5.74) is 0.242. The highest BCUT2D eigenvalue weighted by Crippen LogP contribution is 2.45. The number of rotatable bonds is 4. The first-order valence-corrected chi connectivity index (χ1v) is 7.43. The van der Waals surface area contributed by atoms with Crippen LogP contribution in [0.1, 0.15) is 11.6 Å². The number of hydrogen-bond acceptors (Lipinski definition) is 5. The highest BCUT2D eigenvalue weighted by atomic mass is 35.5. The van der Waals surface area contributed by atoms with Crippen molar-refractivity contribution in [1.29, 1.82) is 0 Å². The molecule has 1 fully saturated rings. The van der Waals surface area contributed by atoms with Crippen molar-refractivity contribution in [3.63, 3.8) is 0 Å². The van der Waals surface area contributed by atoms with E-state index in [4.69, 9.17) is 26.2 Å². The van der Waals surface area contributed by atoms with E-state index < -0.39 is 18.6 Å². The van der Waals surface area contributed by atoms with E-state index in [1.807, 2.05) is 0 Å². The Morgan fingerprint density at radius 3 is 2.48 bits per heavy atom. The lowest BCUT2D eigenvalue weighted by Gasteiger charge is -2.39. The Labute approximate surface area is 143 Å². The molecule has 2 heterocycles. The fraction of sp³-hybridized carbons (Fsp3) is 0.571. The number of piperazine rings is 1. The van der Waals surface area contributed by atoms with E-state index in [1.54, 1.807) is 4.90 Å². The van der Waals surface area contributed by atoms with Crippen LogP contribution in [0.2, 0.25) is 5.02 Å². The maximum Gasteiger partial charge on any atom is 0.289 e. The third-order valence-electron chi connectivity index (χ3n) is 3.91. The summed E-state index contributed by atoms with van der Waals surface area (Å²) in [6.45, 7) is 0.923. The van der Waals surface area contributed by atoms with Crippen LogP contribution in [-0.2, 0) is 0 Å². The van der Waals surface area contributed by atoms with Crippen LogP contribution < -0.4 is 14.8 Å². The number of alkyl halides is 2. The first-order valence-electron chi connectivity index (χ1n) is 7.05. The molecule has 0 aromatic heterocycles. The van der Waals surface area contributed by atoms with Crippen molar-refractivity contribution in [2.45, 2.75) is 12.0 Å². The van der Waals surface area contributed by atoms with Crippen molar-refractivity contribution in [3.8, 4) is 11.5 Å². The molecule has 1 aromatic rings. The molecule has 2 aliphatic rings. The van der Waals surface area contributed by atoms with Gasteiger partial charge in [-0.3, -0.25) is 4.90 Å². The zero-order valence-corrected chi connectivity index (χ0v) is 13.8. The molecule has 9 heteroatoms. The lowest BCUT2D eigenvalue weighted by molar-refractivity contribution is -0.118. The van der Waals surface area contributed by atoms with E-state index in [-0.39, 0.29) is 29.8 Å². The Balaban J connectivity index is 0.00000192. The lowest BCUT2D eigenvalue weighted by Crippen LogP contribution is -2.51. The summed E-state index contributed by atoms with van der Waals surface area (Å²) in [4.78, 5) is 1.64. The van der Waals surface area contributed by atoms with Gasteiger partial charge in [0.2, 0.25) is 6.79 Å². The van der Waals surface area contributed by atoms with Crippen molar-refractivity contribution in [2.24, 2.45) is 0 Å². The molecule has 0 aliphatic carbocycles. The molecule has 2 aliphatic heterocycles. The van der Waals surface area contributed by atoms with Gasteiger partial charge in [0, 0.05) is 37.3 Å². The fourth-order valence-electron chi connectivity index (χ4n) is 2.86. The molecule has 0 spiro atoms. The minimum Gasteiger partial charge on any atom is -0.454 e. The highest BCUT2D eigenvalue weighted by molar-refractivity contribution is 6.31. The van der Waals surface area contributed by atoms with Gasteiger partial charge in [0.05, 0.1) is 0 Å². The van der Waals surface area contributed by atoms with Crippen LogP contribution in [0.15, 0.2) is 12.1 Å². The van der Waals surface area contributed by atoms with E-state index in [1.165, 1.54) is 12.1 Å². The van der Waals surface area contributed by atoms with Gasteiger partial charge in [0.1, 0.15) is 12.6 Å². The summed E-state index contributed by atoms with van der Waals surface area (Å²) in [5, 5.41) is 12.5. The smallest absolute Gasteiger partial charge is 0.289 e. The molecule has 1 aromatic carbocycles. The molecular weight excluding hydrogens is 353 g/mol. The quantitative estimate of drug-likeness (QED) is 0.849. The maximum atomic E-state index is 14.4. The standard InChI is InChI=1S/C14H17ClF2N2O3.ClH/c15-10-6-12-11(21-8-22-12)5-9(10)13(14(16,17)7-20)19-3-1-18-2-4-19;/h5-6,13,18,20H,1-4,7-8H2;1H/t13-;/m0./s1. The number of nitrogens with one attached hydrogen (secondary N) is 1. The van der Waals surface area contributed by atoms with Gasteiger partial charge in [-0.1, -0.05) is 11.6 Å². The average molecular weight is 371 g/mol. The summed E-state index contributed by atoms with van der Waals surface area (Å²) in [6, 6.07) is 1.67. The maximum absolute atomic E-state index is 14.4. The molecule has 1 saturated heterocycles. The summed E-state index contributed by atoms with van der Waals surface area (Å²) in [7, 11) is 0. The van der Waals surface area contributed by atoms with Gasteiger partial charge in [-0.25, -0.2) is 8.78 Å². The van der Waals surface area contributed by atoms with E-state index >= 15 is 0 Å². The van der Waals surface area contributed by atoms with Crippen molar-refractivity contribution < 1.29 is 23.4 Å². The van der Waals surface area contributed by atoms with Crippen LogP contribution in [0.5, 0.6) is 11.5 Å². The van der Waals surface area contributed by atoms with Crippen LogP contribution in [0, 0.1) is 0 Å². The normalized spacial score (nSPS) is 19.3. The molecule has 23 heavy (non-hydrogen) atoms. The van der Waals surface area contributed by atoms with Gasteiger partial charge in [-0.05, 0) is 11.6 Å². The van der Waals surface area contributed by atoms with Gasteiger partial charge in [-0.15, -0.1) is 12.4 Å². The number of ether oxygens (including phenoxy) is 2. The Kier molecular flexibility index (Phi) is 5.91. The fourth-order valence-corrected chi connectivity index (χ4v) is 3.12. The zero-order valence-electron chi connectivity index (χ0n) is 12.2. The van der Waals surface area contributed by atoms with Crippen LogP contribution in [0.4, 0.5) is 8.78 Å². The molecule has 0 bridgehead atoms. The second kappa shape index (κ2) is 7.36. The molecule has 2 N–H and O–H groups in total. The third-order valence-corrected chi connectivity index (χ3v) is 4.24. The number of fused-ring (bicyclic) bond motifs is 1. The second-order valence-electron chi connectivity index (χ2n) is 5.33. The minimum absolute atomic E-state index is 0. The Bertz CT molecular complexity index is 557. The van der Waals surface area contributed by atoms with Gasteiger partial charge < -0.3 is 19.9 Å². The highest BCUT2D eigenvalue weighted by Gasteiger charge is 2.45. The first-order chi connectivity index (χ1) is 10.5. The second-order valence-corrected chi connectivity index (χ2v) is 5.74. The molecule has 0 radical (unpaired) electrons. The molecule has 1 atom stereocenters. The number of nitrogens with zero attached hydrogens (tertiary/aromatic N) is 1. The Morgan fingerprint density at radius 2 is 1.87 bits per heavy atom. The topological polar surface area (TPSA) is 54.0 Å². The number of aliphatic hydroxyl groups is 1. The van der Waals surface area contributed by atoms with Crippen molar-refractivity contribution in [1.82, 2.24) is 10.2 Å². The predicted molar refractivity (Wildman–Crippen MR) is 84.0 cm³/mol. The number of benzene rings is 1. The van der Waals surface area contributed by atoms with Crippen LogP contribution in [-0.4, -0.2) is 55.5 Å². The molecule has 0 unspecified atom stereocenters. The van der Waals surface area contributed by atoms with E-state index in [0.29, 0.717) is 37.7 Å². The van der Waals surface area contributed by atoms with Gasteiger partial charge in [0.25, 0.3) is 5.92 Å². The summed E-state index contributed by atoms with van der Waals surface area (Å²) in [6.07, 6.45) is 0. The van der Waals surface area contributed by atoms with Crippen molar-refractivity contribution in [3.05, 3.63) is 22.7 Å². The van der Waals surface area contributed by atoms with Gasteiger partial charge in [0.15, 0.2) is 11.5 Å². The molecule has 130 valence electrons. The van der Waals surface area contributed by atoms with Crippen LogP contribution in [0.25, 0.3) is 0 Å². The Hall–Kier alpha value is -0.860. The van der Waals surface area contributed by atoms with E-state index in [9.17, 15) is 8.78 Å². The monoisotopic (exact) mass is 370 g/mol. The predicted octanol–water partition coefficient (Wildman–Crippen LogP) is 2.06. The third kappa shape index (κ3) is 3.64. The SMILES string of the molecule is Cl.OCC(F)(F)[C@H](c1cc2c(cc1Cl)OCO2)N1CCNCC1. The first kappa shape index (κ1) is 18.5. The van der Waals surface area contributed by atoms with Crippen molar-refractivity contribution >= 4 is 24.0 Å². The minimum atomic E-state index is -3.31. The van der Waals surface area contributed by atoms with Gasteiger partial charge in [-0.2, -0.15) is 0 Å². The number of halogens is 4. The molecule has 0 saturated carbocycles. The average Bonchev–Trinajstić information content (AvgIpc) is 2.95. The summed E-state index contributed by atoms with van der Waals surface area (Å²) >= 11 is 6.19. The van der Waals surface area contributed by atoms with Crippen LogP contribution >= 0.6 is 24.0 Å². The number of hydrogen-bond donors (Lipinski definition) is 2. The Morgan fingerprint density at radius 1 is 1.26 bits per heavy atom. The van der Waals surface area contributed by atoms with Gasteiger partial charge >= 0.3 is 0 Å². The van der Waals surface area contributed by atoms with Crippen molar-refractivity contribution in [2.75, 3.05) is 39.6 Å². The summed E-state index contributed by atoms with van der Waals surface area (Å²) in [5.74, 6) is -2.47. The largest absolute Gasteiger partial charge is 0.454 e. The van der Waals surface area contributed by atoms with Crippen LogP contribution in [0.3, 0.4) is 0 Å². The molecule has 0 amide bonds. The summed E-state index contributed by atoms with van der Waals surface area (Å²) < 4.78 is 39.2. The molecule has 5 nitrogen and oxygen atoms in total.